The Hall–Kier alpha value is -1.24. The van der Waals surface area contributed by atoms with Gasteiger partial charge in [0, 0.05) is 0 Å². The van der Waals surface area contributed by atoms with E-state index in [1.807, 2.05) is 13.0 Å². The minimum absolute atomic E-state index is 0.0215. The van der Waals surface area contributed by atoms with Crippen LogP contribution in [-0.4, -0.2) is 5.11 Å². The Morgan fingerprint density at radius 2 is 2.00 bits per heavy atom. The van der Waals surface area contributed by atoms with Gasteiger partial charge in [0.15, 0.2) is 0 Å². The first kappa shape index (κ1) is 9.95. The van der Waals surface area contributed by atoms with Crippen molar-refractivity contribution in [2.75, 3.05) is 0 Å². The Morgan fingerprint density at radius 3 is 2.69 bits per heavy atom. The molecule has 2 aliphatic carbocycles. The van der Waals surface area contributed by atoms with Gasteiger partial charge in [0.2, 0.25) is 0 Å². The fourth-order valence-corrected chi connectivity index (χ4v) is 2.96. The number of aliphatic hydroxyl groups excluding tert-OH is 1. The predicted molar refractivity (Wildman–Crippen MR) is 65.8 cm³/mol. The maximum atomic E-state index is 10.0. The Balaban J connectivity index is 2.02. The fraction of sp³-hybridized carbons (Fsp3) is 0.467. The Morgan fingerprint density at radius 1 is 1.25 bits per heavy atom. The van der Waals surface area contributed by atoms with Gasteiger partial charge in [-0.15, -0.1) is 0 Å². The minimum atomic E-state index is -0.0215. The second kappa shape index (κ2) is 3.38. The molecule has 1 nitrogen and oxygen atoms in total. The van der Waals surface area contributed by atoms with Crippen LogP contribution in [0.4, 0.5) is 0 Å². The SMILES string of the molecule is CC=C(O)C1(c2ccc3c(c2)CCC3)CC1. The van der Waals surface area contributed by atoms with E-state index in [9.17, 15) is 5.11 Å². The van der Waals surface area contributed by atoms with Crippen molar-refractivity contribution in [1.29, 1.82) is 0 Å². The van der Waals surface area contributed by atoms with Crippen LogP contribution in [0.3, 0.4) is 0 Å². The molecule has 0 aliphatic heterocycles. The highest BCUT2D eigenvalue weighted by atomic mass is 16.3. The maximum absolute atomic E-state index is 10.0. The van der Waals surface area contributed by atoms with E-state index in [-0.39, 0.29) is 5.41 Å². The Bertz CT molecular complexity index is 453. The van der Waals surface area contributed by atoms with Crippen LogP contribution in [0.2, 0.25) is 0 Å². The van der Waals surface area contributed by atoms with Gasteiger partial charge in [-0.3, -0.25) is 0 Å². The lowest BCUT2D eigenvalue weighted by Crippen LogP contribution is -2.10. The lowest BCUT2D eigenvalue weighted by atomic mass is 9.91. The topological polar surface area (TPSA) is 20.2 Å². The summed E-state index contributed by atoms with van der Waals surface area (Å²) in [5, 5.41) is 10.0. The summed E-state index contributed by atoms with van der Waals surface area (Å²) in [5.41, 5.74) is 4.32. The number of hydrogen-bond acceptors (Lipinski definition) is 1. The molecular formula is C15H18O. The molecule has 0 radical (unpaired) electrons. The van der Waals surface area contributed by atoms with Crippen LogP contribution >= 0.6 is 0 Å². The van der Waals surface area contributed by atoms with Crippen LogP contribution in [0, 0.1) is 0 Å². The second-order valence-corrected chi connectivity index (χ2v) is 5.09. The summed E-state index contributed by atoms with van der Waals surface area (Å²) in [7, 11) is 0. The van der Waals surface area contributed by atoms with Gasteiger partial charge in [-0.05, 0) is 61.8 Å². The van der Waals surface area contributed by atoms with Gasteiger partial charge in [-0.25, -0.2) is 0 Å². The van der Waals surface area contributed by atoms with Crippen LogP contribution in [0.5, 0.6) is 0 Å². The van der Waals surface area contributed by atoms with Crippen molar-refractivity contribution in [3.8, 4) is 0 Å². The van der Waals surface area contributed by atoms with Gasteiger partial charge in [0.05, 0.1) is 11.2 Å². The molecule has 0 heterocycles. The minimum Gasteiger partial charge on any atom is -0.512 e. The van der Waals surface area contributed by atoms with Crippen molar-refractivity contribution < 1.29 is 5.11 Å². The normalized spacial score (nSPS) is 21.9. The standard InChI is InChI=1S/C15H18O/c1-2-14(16)15(8-9-15)13-7-6-11-4-3-5-12(11)10-13/h2,6-7,10,16H,3-5,8-9H2,1H3. The second-order valence-electron chi connectivity index (χ2n) is 5.09. The first-order valence-electron chi connectivity index (χ1n) is 6.24. The van der Waals surface area contributed by atoms with Crippen LogP contribution in [-0.2, 0) is 18.3 Å². The lowest BCUT2D eigenvalue weighted by Gasteiger charge is -2.16. The number of aryl methyl sites for hydroxylation is 2. The molecule has 16 heavy (non-hydrogen) atoms. The van der Waals surface area contributed by atoms with Crippen molar-refractivity contribution in [3.63, 3.8) is 0 Å². The highest BCUT2D eigenvalue weighted by Gasteiger charge is 2.48. The summed E-state index contributed by atoms with van der Waals surface area (Å²) in [4.78, 5) is 0. The number of benzene rings is 1. The lowest BCUT2D eigenvalue weighted by molar-refractivity contribution is 0.357. The van der Waals surface area contributed by atoms with E-state index in [2.05, 4.69) is 18.2 Å². The molecule has 1 aromatic rings. The van der Waals surface area contributed by atoms with Gasteiger partial charge in [0.25, 0.3) is 0 Å². The van der Waals surface area contributed by atoms with Crippen LogP contribution in [0.15, 0.2) is 30.0 Å². The highest BCUT2D eigenvalue weighted by molar-refractivity contribution is 5.45. The summed E-state index contributed by atoms with van der Waals surface area (Å²) in [6, 6.07) is 6.81. The van der Waals surface area contributed by atoms with Crippen LogP contribution < -0.4 is 0 Å². The third-order valence-electron chi connectivity index (χ3n) is 4.16. The van der Waals surface area contributed by atoms with E-state index in [0.717, 1.165) is 12.8 Å². The first-order valence-corrected chi connectivity index (χ1v) is 6.24. The molecule has 0 saturated heterocycles. The quantitative estimate of drug-likeness (QED) is 0.745. The molecule has 0 atom stereocenters. The third kappa shape index (κ3) is 1.31. The van der Waals surface area contributed by atoms with E-state index >= 15 is 0 Å². The molecule has 1 N–H and O–H groups in total. The zero-order valence-electron chi connectivity index (χ0n) is 9.79. The smallest absolute Gasteiger partial charge is 0.0985 e. The average Bonchev–Trinajstić information content (AvgIpc) is 3.00. The number of aliphatic hydroxyl groups is 1. The molecule has 1 saturated carbocycles. The van der Waals surface area contributed by atoms with Crippen molar-refractivity contribution in [2.24, 2.45) is 0 Å². The van der Waals surface area contributed by atoms with Gasteiger partial charge in [0.1, 0.15) is 0 Å². The van der Waals surface area contributed by atoms with E-state index in [1.165, 1.54) is 36.0 Å². The number of allylic oxidation sites excluding steroid dienone is 2. The largest absolute Gasteiger partial charge is 0.512 e. The fourth-order valence-electron chi connectivity index (χ4n) is 2.96. The van der Waals surface area contributed by atoms with Gasteiger partial charge in [-0.1, -0.05) is 18.2 Å². The highest BCUT2D eigenvalue weighted by Crippen LogP contribution is 2.53. The number of fused-ring (bicyclic) bond motifs is 1. The van der Waals surface area contributed by atoms with Crippen LogP contribution in [0.1, 0.15) is 42.9 Å². The van der Waals surface area contributed by atoms with Crippen molar-refractivity contribution in [1.82, 2.24) is 0 Å². The predicted octanol–water partition coefficient (Wildman–Crippen LogP) is 3.67. The van der Waals surface area contributed by atoms with E-state index in [4.69, 9.17) is 0 Å². The molecule has 1 aromatic carbocycles. The van der Waals surface area contributed by atoms with E-state index in [0.29, 0.717) is 5.76 Å². The van der Waals surface area contributed by atoms with Gasteiger partial charge >= 0.3 is 0 Å². The molecule has 0 aromatic heterocycles. The van der Waals surface area contributed by atoms with Gasteiger partial charge < -0.3 is 5.11 Å². The Labute approximate surface area is 96.8 Å². The van der Waals surface area contributed by atoms with Crippen molar-refractivity contribution in [2.45, 2.75) is 44.4 Å². The molecule has 84 valence electrons. The third-order valence-corrected chi connectivity index (χ3v) is 4.16. The summed E-state index contributed by atoms with van der Waals surface area (Å²) in [5.74, 6) is 0.561. The zero-order valence-corrected chi connectivity index (χ0v) is 9.79. The molecule has 1 fully saturated rings. The van der Waals surface area contributed by atoms with E-state index in [1.54, 1.807) is 0 Å². The summed E-state index contributed by atoms with van der Waals surface area (Å²) < 4.78 is 0. The molecule has 3 rings (SSSR count). The molecule has 0 bridgehead atoms. The van der Waals surface area contributed by atoms with Gasteiger partial charge in [-0.2, -0.15) is 0 Å². The van der Waals surface area contributed by atoms with Crippen LogP contribution in [0.25, 0.3) is 0 Å². The van der Waals surface area contributed by atoms with Crippen molar-refractivity contribution in [3.05, 3.63) is 46.7 Å². The Kier molecular flexibility index (Phi) is 2.10. The summed E-state index contributed by atoms with van der Waals surface area (Å²) in [6.07, 6.45) is 7.79. The number of rotatable bonds is 2. The molecule has 2 aliphatic rings. The zero-order chi connectivity index (χ0) is 11.2. The summed E-state index contributed by atoms with van der Waals surface area (Å²) in [6.45, 7) is 1.92. The molecule has 0 spiro atoms. The molecular weight excluding hydrogens is 196 g/mol. The average molecular weight is 214 g/mol. The first-order chi connectivity index (χ1) is 7.76. The van der Waals surface area contributed by atoms with Crippen molar-refractivity contribution >= 4 is 0 Å². The number of hydrogen-bond donors (Lipinski definition) is 1. The maximum Gasteiger partial charge on any atom is 0.0985 e. The molecule has 0 unspecified atom stereocenters. The molecule has 1 heteroatoms. The monoisotopic (exact) mass is 214 g/mol. The molecule has 0 amide bonds. The van der Waals surface area contributed by atoms with E-state index < -0.39 is 0 Å². The summed E-state index contributed by atoms with van der Waals surface area (Å²) >= 11 is 0.